The minimum absolute atomic E-state index is 0.0223. The van der Waals surface area contributed by atoms with Crippen LogP contribution in [0.25, 0.3) is 0 Å². The molecule has 1 aromatic rings. The van der Waals surface area contributed by atoms with Crippen molar-refractivity contribution in [2.24, 2.45) is 0 Å². The average molecular weight is 365 g/mol. The van der Waals surface area contributed by atoms with E-state index in [2.05, 4.69) is 37.2 Å². The van der Waals surface area contributed by atoms with Gasteiger partial charge in [0.05, 0.1) is 12.6 Å². The van der Waals surface area contributed by atoms with Crippen molar-refractivity contribution in [3.8, 4) is 0 Å². The zero-order valence-electron chi connectivity index (χ0n) is 9.80. The monoisotopic (exact) mass is 363 g/mol. The highest BCUT2D eigenvalue weighted by atomic mass is 79.9. The number of hydrogen-bond donors (Lipinski definition) is 1. The molecule has 0 heterocycles. The summed E-state index contributed by atoms with van der Waals surface area (Å²) in [5.41, 5.74) is 1.64. The summed E-state index contributed by atoms with van der Waals surface area (Å²) in [4.78, 5) is 12.1. The van der Waals surface area contributed by atoms with E-state index in [0.29, 0.717) is 17.5 Å². The summed E-state index contributed by atoms with van der Waals surface area (Å²) in [5.74, 6) is -0.0784. The van der Waals surface area contributed by atoms with Gasteiger partial charge < -0.3 is 10.1 Å². The van der Waals surface area contributed by atoms with Gasteiger partial charge in [-0.3, -0.25) is 4.79 Å². The second kappa shape index (κ2) is 7.13. The summed E-state index contributed by atoms with van der Waals surface area (Å²) in [6.45, 7) is 2.41. The zero-order chi connectivity index (χ0) is 12.8. The van der Waals surface area contributed by atoms with Gasteiger partial charge in [-0.2, -0.15) is 0 Å². The Hall–Kier alpha value is -0.390. The molecule has 17 heavy (non-hydrogen) atoms. The van der Waals surface area contributed by atoms with Crippen molar-refractivity contribution in [1.29, 1.82) is 0 Å². The van der Waals surface area contributed by atoms with E-state index in [1.54, 1.807) is 7.11 Å². The third kappa shape index (κ3) is 4.41. The average Bonchev–Trinajstić information content (AvgIpc) is 2.31. The van der Waals surface area contributed by atoms with E-state index < -0.39 is 0 Å². The number of ether oxygens (including phenoxy) is 1. The van der Waals surface area contributed by atoms with Crippen molar-refractivity contribution in [1.82, 2.24) is 5.32 Å². The summed E-state index contributed by atoms with van der Waals surface area (Å²) < 4.78 is 5.93. The fourth-order valence-corrected chi connectivity index (χ4v) is 2.14. The molecule has 1 N–H and O–H groups in total. The number of rotatable bonds is 5. The molecule has 0 aliphatic heterocycles. The zero-order valence-corrected chi connectivity index (χ0v) is 13.0. The van der Waals surface area contributed by atoms with Gasteiger partial charge in [-0.1, -0.05) is 37.9 Å². The Bertz CT molecular complexity index is 396. The molecule has 0 bridgehead atoms. The van der Waals surface area contributed by atoms with E-state index in [1.807, 2.05) is 25.1 Å². The topological polar surface area (TPSA) is 38.3 Å². The molecule has 0 aliphatic carbocycles. The molecule has 1 aromatic carbocycles. The fraction of sp³-hybridized carbons (Fsp3) is 0.417. The van der Waals surface area contributed by atoms with Gasteiger partial charge in [0.1, 0.15) is 0 Å². The van der Waals surface area contributed by atoms with Crippen LogP contribution >= 0.6 is 31.9 Å². The minimum Gasteiger partial charge on any atom is -0.383 e. The molecule has 1 rings (SSSR count). The Morgan fingerprint density at radius 3 is 2.82 bits per heavy atom. The lowest BCUT2D eigenvalue weighted by Gasteiger charge is -2.16. The molecule has 5 heteroatoms. The Kier molecular flexibility index (Phi) is 6.16. The number of benzene rings is 1. The van der Waals surface area contributed by atoms with Gasteiger partial charge in [-0.05, 0) is 24.6 Å². The Morgan fingerprint density at radius 2 is 2.24 bits per heavy atom. The number of carbonyl (C=O) groups excluding carboxylic acids is 1. The molecule has 0 aromatic heterocycles. The standard InChI is InChI=1S/C12H15Br2NO2/c1-8-3-4-9(14)5-11(8)12(16)15-10(6-13)7-17-2/h3-5,10H,6-7H2,1-2H3,(H,15,16). The van der Waals surface area contributed by atoms with Crippen LogP contribution in [0.5, 0.6) is 0 Å². The van der Waals surface area contributed by atoms with E-state index in [1.165, 1.54) is 0 Å². The molecule has 1 unspecified atom stereocenters. The quantitative estimate of drug-likeness (QED) is 0.816. The largest absolute Gasteiger partial charge is 0.383 e. The summed E-state index contributed by atoms with van der Waals surface area (Å²) in [5, 5.41) is 3.59. The van der Waals surface area contributed by atoms with Gasteiger partial charge >= 0.3 is 0 Å². The number of aryl methyl sites for hydroxylation is 1. The van der Waals surface area contributed by atoms with Crippen LogP contribution in [-0.4, -0.2) is 31.0 Å². The molecule has 1 amide bonds. The predicted molar refractivity (Wildman–Crippen MR) is 75.8 cm³/mol. The predicted octanol–water partition coefficient (Wildman–Crippen LogP) is 2.90. The maximum absolute atomic E-state index is 12.1. The maximum atomic E-state index is 12.1. The van der Waals surface area contributed by atoms with Crippen molar-refractivity contribution in [3.05, 3.63) is 33.8 Å². The van der Waals surface area contributed by atoms with Crippen LogP contribution in [0.15, 0.2) is 22.7 Å². The summed E-state index contributed by atoms with van der Waals surface area (Å²) >= 11 is 6.71. The first kappa shape index (κ1) is 14.7. The summed E-state index contributed by atoms with van der Waals surface area (Å²) in [6.07, 6.45) is 0. The molecular formula is C12H15Br2NO2. The first-order valence-electron chi connectivity index (χ1n) is 5.20. The number of carbonyl (C=O) groups is 1. The van der Waals surface area contributed by atoms with E-state index in [4.69, 9.17) is 4.74 Å². The minimum atomic E-state index is -0.0784. The van der Waals surface area contributed by atoms with E-state index >= 15 is 0 Å². The highest BCUT2D eigenvalue weighted by Crippen LogP contribution is 2.16. The van der Waals surface area contributed by atoms with E-state index in [-0.39, 0.29) is 11.9 Å². The van der Waals surface area contributed by atoms with Crippen molar-refractivity contribution in [2.75, 3.05) is 19.0 Å². The second-order valence-electron chi connectivity index (χ2n) is 3.74. The number of amides is 1. The molecule has 0 fully saturated rings. The number of alkyl halides is 1. The molecule has 0 radical (unpaired) electrons. The first-order chi connectivity index (χ1) is 8.08. The van der Waals surface area contributed by atoms with Crippen LogP contribution in [0, 0.1) is 6.92 Å². The van der Waals surface area contributed by atoms with Gasteiger partial charge in [0.25, 0.3) is 5.91 Å². The summed E-state index contributed by atoms with van der Waals surface area (Å²) in [6, 6.07) is 5.63. The van der Waals surface area contributed by atoms with Gasteiger partial charge in [-0.25, -0.2) is 0 Å². The number of nitrogens with one attached hydrogen (secondary N) is 1. The normalized spacial score (nSPS) is 12.2. The number of methoxy groups -OCH3 is 1. The smallest absolute Gasteiger partial charge is 0.251 e. The molecule has 0 spiro atoms. The van der Waals surface area contributed by atoms with Crippen molar-refractivity contribution < 1.29 is 9.53 Å². The maximum Gasteiger partial charge on any atom is 0.251 e. The van der Waals surface area contributed by atoms with E-state index in [0.717, 1.165) is 10.0 Å². The lowest BCUT2D eigenvalue weighted by atomic mass is 10.1. The lowest BCUT2D eigenvalue weighted by Crippen LogP contribution is -2.39. The van der Waals surface area contributed by atoms with Gasteiger partial charge in [-0.15, -0.1) is 0 Å². The first-order valence-corrected chi connectivity index (χ1v) is 7.11. The number of hydrogen-bond acceptors (Lipinski definition) is 2. The van der Waals surface area contributed by atoms with Crippen molar-refractivity contribution in [3.63, 3.8) is 0 Å². The van der Waals surface area contributed by atoms with Crippen molar-refractivity contribution >= 4 is 37.8 Å². The Balaban J connectivity index is 2.78. The summed E-state index contributed by atoms with van der Waals surface area (Å²) in [7, 11) is 1.62. The van der Waals surface area contributed by atoms with Crippen LogP contribution in [0.2, 0.25) is 0 Å². The number of halogens is 2. The van der Waals surface area contributed by atoms with E-state index in [9.17, 15) is 4.79 Å². The van der Waals surface area contributed by atoms with Crippen LogP contribution < -0.4 is 5.32 Å². The van der Waals surface area contributed by atoms with Crippen molar-refractivity contribution in [2.45, 2.75) is 13.0 Å². The Labute approximate surface area is 118 Å². The Morgan fingerprint density at radius 1 is 1.53 bits per heavy atom. The molecule has 3 nitrogen and oxygen atoms in total. The molecule has 94 valence electrons. The van der Waals surface area contributed by atoms with Gasteiger partial charge in [0.2, 0.25) is 0 Å². The third-order valence-corrected chi connectivity index (χ3v) is 3.61. The van der Waals surface area contributed by atoms with Crippen LogP contribution in [0.1, 0.15) is 15.9 Å². The third-order valence-electron chi connectivity index (χ3n) is 2.33. The highest BCUT2D eigenvalue weighted by Gasteiger charge is 2.14. The lowest BCUT2D eigenvalue weighted by molar-refractivity contribution is 0.0907. The van der Waals surface area contributed by atoms with Gasteiger partial charge in [0.15, 0.2) is 0 Å². The molecule has 0 saturated heterocycles. The van der Waals surface area contributed by atoms with Crippen LogP contribution in [-0.2, 0) is 4.74 Å². The highest BCUT2D eigenvalue weighted by molar-refractivity contribution is 9.10. The van der Waals surface area contributed by atoms with Gasteiger partial charge in [0, 0.05) is 22.5 Å². The second-order valence-corrected chi connectivity index (χ2v) is 5.30. The molecule has 0 saturated carbocycles. The molecule has 1 atom stereocenters. The van der Waals surface area contributed by atoms with Crippen LogP contribution in [0.3, 0.4) is 0 Å². The molecular weight excluding hydrogens is 350 g/mol. The fourth-order valence-electron chi connectivity index (χ4n) is 1.43. The van der Waals surface area contributed by atoms with Crippen LogP contribution in [0.4, 0.5) is 0 Å². The molecule has 0 aliphatic rings. The SMILES string of the molecule is COCC(CBr)NC(=O)c1cc(Br)ccc1C.